The second-order valence-corrected chi connectivity index (χ2v) is 11.2. The standard InChI is InChI=1S/C11H22N2Si/c1-8-9(2)12-13-10(11(8,3)4)14(5,6)7/h10H,1-7H3. The van der Waals surface area contributed by atoms with Crippen LogP contribution in [0.1, 0.15) is 27.7 Å². The highest BCUT2D eigenvalue weighted by Crippen LogP contribution is 2.41. The molecule has 0 aliphatic carbocycles. The Morgan fingerprint density at radius 1 is 1.14 bits per heavy atom. The van der Waals surface area contributed by atoms with Crippen molar-refractivity contribution in [2.45, 2.75) is 53.0 Å². The molecule has 1 aliphatic heterocycles. The zero-order valence-electron chi connectivity index (χ0n) is 10.5. The third-order valence-corrected chi connectivity index (χ3v) is 5.81. The summed E-state index contributed by atoms with van der Waals surface area (Å²) in [5, 5.41) is 8.81. The molecular weight excluding hydrogens is 188 g/mol. The average molecular weight is 210 g/mol. The quantitative estimate of drug-likeness (QED) is 0.584. The molecule has 2 nitrogen and oxygen atoms in total. The Morgan fingerprint density at radius 3 is 2.07 bits per heavy atom. The first-order valence-corrected chi connectivity index (χ1v) is 8.84. The fraction of sp³-hybridized carbons (Fsp3) is 0.818. The van der Waals surface area contributed by atoms with E-state index in [1.54, 1.807) is 0 Å². The Kier molecular flexibility index (Phi) is 2.74. The molecule has 1 unspecified atom stereocenters. The number of hydrogen-bond acceptors (Lipinski definition) is 2. The van der Waals surface area contributed by atoms with Crippen LogP contribution in [0.2, 0.25) is 19.6 Å². The summed E-state index contributed by atoms with van der Waals surface area (Å²) in [7, 11) is -1.26. The minimum atomic E-state index is -1.26. The number of hydrogen-bond donors (Lipinski definition) is 0. The fourth-order valence-corrected chi connectivity index (χ4v) is 5.08. The van der Waals surface area contributed by atoms with Crippen LogP contribution in [-0.4, -0.2) is 13.7 Å². The summed E-state index contributed by atoms with van der Waals surface area (Å²) in [6.45, 7) is 16.0. The van der Waals surface area contributed by atoms with Crippen LogP contribution in [-0.2, 0) is 0 Å². The lowest BCUT2D eigenvalue weighted by Gasteiger charge is -2.41. The summed E-state index contributed by atoms with van der Waals surface area (Å²) in [5.74, 6) is 0. The van der Waals surface area contributed by atoms with Crippen LogP contribution in [0.25, 0.3) is 0 Å². The van der Waals surface area contributed by atoms with Crippen LogP contribution >= 0.6 is 0 Å². The van der Waals surface area contributed by atoms with Crippen LogP contribution in [0, 0.1) is 5.41 Å². The molecule has 3 heteroatoms. The third kappa shape index (κ3) is 1.83. The zero-order valence-corrected chi connectivity index (χ0v) is 11.5. The largest absolute Gasteiger partial charge is 0.188 e. The van der Waals surface area contributed by atoms with Gasteiger partial charge in [0.1, 0.15) is 0 Å². The van der Waals surface area contributed by atoms with E-state index in [0.29, 0.717) is 5.67 Å². The molecular formula is C11H22N2Si. The van der Waals surface area contributed by atoms with Crippen molar-refractivity contribution in [3.05, 3.63) is 11.3 Å². The maximum atomic E-state index is 4.51. The molecule has 1 rings (SSSR count). The van der Waals surface area contributed by atoms with E-state index < -0.39 is 8.07 Å². The van der Waals surface area contributed by atoms with E-state index in [0.717, 1.165) is 5.70 Å². The minimum absolute atomic E-state index is 0.191. The summed E-state index contributed by atoms with van der Waals surface area (Å²) in [6.07, 6.45) is 0. The van der Waals surface area contributed by atoms with Gasteiger partial charge in [0.2, 0.25) is 0 Å². The highest BCUT2D eigenvalue weighted by molar-refractivity contribution is 6.77. The number of nitrogens with zero attached hydrogens (tertiary/aromatic N) is 2. The smallest absolute Gasteiger partial charge is 0.0767 e. The van der Waals surface area contributed by atoms with Gasteiger partial charge in [-0.15, -0.1) is 0 Å². The minimum Gasteiger partial charge on any atom is -0.188 e. The maximum absolute atomic E-state index is 4.51. The summed E-state index contributed by atoms with van der Waals surface area (Å²) in [4.78, 5) is 0. The molecule has 80 valence electrons. The molecule has 0 aromatic carbocycles. The van der Waals surface area contributed by atoms with Gasteiger partial charge in [0, 0.05) is 5.41 Å². The first kappa shape index (κ1) is 11.6. The van der Waals surface area contributed by atoms with Crippen molar-refractivity contribution in [2.75, 3.05) is 0 Å². The van der Waals surface area contributed by atoms with Gasteiger partial charge in [-0.2, -0.15) is 10.2 Å². The SMILES string of the molecule is CC1=C(C)C(C)(C)C([Si](C)(C)C)N=N1. The zero-order chi connectivity index (χ0) is 11.1. The van der Waals surface area contributed by atoms with Gasteiger partial charge in [0.05, 0.1) is 19.4 Å². The van der Waals surface area contributed by atoms with Crippen molar-refractivity contribution < 1.29 is 0 Å². The van der Waals surface area contributed by atoms with E-state index >= 15 is 0 Å². The Morgan fingerprint density at radius 2 is 1.64 bits per heavy atom. The topological polar surface area (TPSA) is 24.7 Å². The average Bonchev–Trinajstić information content (AvgIpc) is 1.97. The molecule has 0 fully saturated rings. The Hall–Kier alpha value is -0.443. The summed E-state index contributed by atoms with van der Waals surface area (Å²) in [6, 6.07) is 0. The van der Waals surface area contributed by atoms with Gasteiger partial charge in [-0.3, -0.25) is 0 Å². The number of rotatable bonds is 1. The molecule has 0 bridgehead atoms. The van der Waals surface area contributed by atoms with E-state index in [4.69, 9.17) is 0 Å². The predicted molar refractivity (Wildman–Crippen MR) is 64.1 cm³/mol. The Labute approximate surface area is 88.5 Å². The van der Waals surface area contributed by atoms with Gasteiger partial charge in [-0.05, 0) is 19.4 Å². The highest BCUT2D eigenvalue weighted by atomic mass is 28.3. The Bertz CT molecular complexity index is 295. The van der Waals surface area contributed by atoms with Crippen molar-refractivity contribution in [1.82, 2.24) is 0 Å². The van der Waals surface area contributed by atoms with E-state index in [9.17, 15) is 0 Å². The lowest BCUT2D eigenvalue weighted by atomic mass is 9.83. The molecule has 0 amide bonds. The molecule has 0 saturated heterocycles. The van der Waals surface area contributed by atoms with Crippen LogP contribution < -0.4 is 0 Å². The first-order valence-electron chi connectivity index (χ1n) is 5.26. The van der Waals surface area contributed by atoms with Gasteiger partial charge < -0.3 is 0 Å². The molecule has 0 N–H and O–H groups in total. The van der Waals surface area contributed by atoms with Crippen molar-refractivity contribution in [3.63, 3.8) is 0 Å². The van der Waals surface area contributed by atoms with Gasteiger partial charge in [0.25, 0.3) is 0 Å². The summed E-state index contributed by atoms with van der Waals surface area (Å²) in [5.41, 5.74) is 3.11. The monoisotopic (exact) mass is 210 g/mol. The lowest BCUT2D eigenvalue weighted by Crippen LogP contribution is -2.48. The molecule has 0 aromatic rings. The summed E-state index contributed by atoms with van der Waals surface area (Å²) < 4.78 is 0. The van der Waals surface area contributed by atoms with Crippen molar-refractivity contribution in [1.29, 1.82) is 0 Å². The number of allylic oxidation sites excluding steroid dienone is 1. The van der Waals surface area contributed by atoms with Gasteiger partial charge in [0.15, 0.2) is 0 Å². The molecule has 0 aromatic heterocycles. The van der Waals surface area contributed by atoms with Crippen LogP contribution in [0.3, 0.4) is 0 Å². The molecule has 1 heterocycles. The van der Waals surface area contributed by atoms with Crippen molar-refractivity contribution >= 4 is 8.07 Å². The molecule has 14 heavy (non-hydrogen) atoms. The molecule has 0 radical (unpaired) electrons. The normalized spacial score (nSPS) is 26.9. The molecule has 0 spiro atoms. The molecule has 1 atom stereocenters. The fourth-order valence-electron chi connectivity index (χ4n) is 2.29. The number of azo groups is 1. The summed E-state index contributed by atoms with van der Waals surface area (Å²) >= 11 is 0. The second-order valence-electron chi connectivity index (χ2n) is 5.92. The first-order chi connectivity index (χ1) is 6.17. The van der Waals surface area contributed by atoms with Gasteiger partial charge in [-0.1, -0.05) is 33.5 Å². The molecule has 1 aliphatic rings. The third-order valence-electron chi connectivity index (χ3n) is 3.34. The van der Waals surface area contributed by atoms with Gasteiger partial charge in [-0.25, -0.2) is 0 Å². The van der Waals surface area contributed by atoms with E-state index in [2.05, 4.69) is 57.6 Å². The van der Waals surface area contributed by atoms with Crippen LogP contribution in [0.15, 0.2) is 21.5 Å². The van der Waals surface area contributed by atoms with Crippen LogP contribution in [0.5, 0.6) is 0 Å². The van der Waals surface area contributed by atoms with Crippen molar-refractivity contribution in [2.24, 2.45) is 15.6 Å². The van der Waals surface area contributed by atoms with Gasteiger partial charge >= 0.3 is 0 Å². The van der Waals surface area contributed by atoms with E-state index in [1.165, 1.54) is 5.57 Å². The lowest BCUT2D eigenvalue weighted by molar-refractivity contribution is 0.386. The molecule has 0 saturated carbocycles. The maximum Gasteiger partial charge on any atom is 0.0767 e. The highest BCUT2D eigenvalue weighted by Gasteiger charge is 2.43. The Balaban J connectivity index is 3.14. The van der Waals surface area contributed by atoms with E-state index in [-0.39, 0.29) is 5.41 Å². The van der Waals surface area contributed by atoms with Crippen molar-refractivity contribution in [3.8, 4) is 0 Å². The van der Waals surface area contributed by atoms with Crippen LogP contribution in [0.4, 0.5) is 0 Å². The second kappa shape index (κ2) is 3.30. The predicted octanol–water partition coefficient (Wildman–Crippen LogP) is 4.02. The van der Waals surface area contributed by atoms with E-state index in [1.807, 2.05) is 0 Å².